The maximum absolute atomic E-state index is 12.4. The van der Waals surface area contributed by atoms with Crippen molar-refractivity contribution in [1.29, 1.82) is 0 Å². The monoisotopic (exact) mass is 314 g/mol. The summed E-state index contributed by atoms with van der Waals surface area (Å²) < 4.78 is 11.1. The van der Waals surface area contributed by atoms with Crippen LogP contribution in [0.3, 0.4) is 0 Å². The van der Waals surface area contributed by atoms with Gasteiger partial charge in [-0.2, -0.15) is 0 Å². The van der Waals surface area contributed by atoms with E-state index in [0.717, 1.165) is 11.3 Å². The Labute approximate surface area is 133 Å². The summed E-state index contributed by atoms with van der Waals surface area (Å²) in [6.45, 7) is 5.38. The lowest BCUT2D eigenvalue weighted by atomic mass is 10.0. The van der Waals surface area contributed by atoms with Gasteiger partial charge in [-0.05, 0) is 50.6 Å². The van der Waals surface area contributed by atoms with Crippen molar-refractivity contribution >= 4 is 17.5 Å². The van der Waals surface area contributed by atoms with E-state index in [1.165, 1.54) is 6.92 Å². The lowest BCUT2D eigenvalue weighted by Gasteiger charge is -2.33. The molecule has 0 saturated heterocycles. The zero-order valence-electron chi connectivity index (χ0n) is 13.2. The van der Waals surface area contributed by atoms with E-state index < -0.39 is 17.4 Å². The van der Waals surface area contributed by atoms with Gasteiger partial charge in [0.1, 0.15) is 17.3 Å². The molecule has 6 heteroatoms. The van der Waals surface area contributed by atoms with E-state index in [-0.39, 0.29) is 6.54 Å². The van der Waals surface area contributed by atoms with Gasteiger partial charge in [0.25, 0.3) is 17.4 Å². The van der Waals surface area contributed by atoms with E-state index >= 15 is 0 Å². The fourth-order valence-corrected chi connectivity index (χ4v) is 2.40. The molecule has 0 fully saturated rings. The van der Waals surface area contributed by atoms with Gasteiger partial charge >= 0.3 is 0 Å². The maximum atomic E-state index is 12.4. The molecule has 1 aliphatic rings. The van der Waals surface area contributed by atoms with Crippen molar-refractivity contribution in [2.45, 2.75) is 32.9 Å². The van der Waals surface area contributed by atoms with Crippen LogP contribution in [0.15, 0.2) is 34.7 Å². The molecule has 0 aliphatic carbocycles. The molecule has 3 rings (SSSR count). The third-order valence-corrected chi connectivity index (χ3v) is 3.78. The first-order valence-corrected chi connectivity index (χ1v) is 7.33. The molecule has 1 unspecified atom stereocenters. The maximum Gasteiger partial charge on any atom is 0.278 e. The predicted molar refractivity (Wildman–Crippen MR) is 84.1 cm³/mol. The summed E-state index contributed by atoms with van der Waals surface area (Å²) >= 11 is 0. The smallest absolute Gasteiger partial charge is 0.278 e. The fraction of sp³-hybridized carbons (Fsp3) is 0.294. The Morgan fingerprint density at radius 2 is 2.04 bits per heavy atom. The normalized spacial score (nSPS) is 19.5. The summed E-state index contributed by atoms with van der Waals surface area (Å²) in [5, 5.41) is 5.40. The van der Waals surface area contributed by atoms with Gasteiger partial charge in [-0.25, -0.2) is 0 Å². The number of rotatable bonds is 3. The molecule has 1 atom stereocenters. The van der Waals surface area contributed by atoms with E-state index in [1.54, 1.807) is 18.2 Å². The molecule has 0 spiro atoms. The van der Waals surface area contributed by atoms with Crippen LogP contribution in [0.1, 0.15) is 24.0 Å². The van der Waals surface area contributed by atoms with E-state index in [0.29, 0.717) is 17.2 Å². The highest BCUT2D eigenvalue weighted by Crippen LogP contribution is 2.34. The molecule has 2 heterocycles. The van der Waals surface area contributed by atoms with Crippen LogP contribution in [-0.4, -0.2) is 17.4 Å². The second-order valence-corrected chi connectivity index (χ2v) is 5.78. The predicted octanol–water partition coefficient (Wildman–Crippen LogP) is 2.30. The summed E-state index contributed by atoms with van der Waals surface area (Å²) in [7, 11) is 0. The minimum atomic E-state index is -1.62. The second kappa shape index (κ2) is 5.46. The summed E-state index contributed by atoms with van der Waals surface area (Å²) in [5.74, 6) is 0.837. The van der Waals surface area contributed by atoms with Crippen molar-refractivity contribution < 1.29 is 18.7 Å². The van der Waals surface area contributed by atoms with E-state index in [2.05, 4.69) is 10.6 Å². The molecule has 120 valence electrons. The number of hydrogen-bond donors (Lipinski definition) is 2. The van der Waals surface area contributed by atoms with Crippen molar-refractivity contribution in [1.82, 2.24) is 5.32 Å². The Balaban J connectivity index is 1.76. The Morgan fingerprint density at radius 3 is 2.74 bits per heavy atom. The Kier molecular flexibility index (Phi) is 3.60. The van der Waals surface area contributed by atoms with Crippen molar-refractivity contribution in [2.75, 3.05) is 5.32 Å². The highest BCUT2D eigenvalue weighted by atomic mass is 16.5. The average Bonchev–Trinajstić information content (AvgIpc) is 2.92. The first-order chi connectivity index (χ1) is 10.9. The van der Waals surface area contributed by atoms with Crippen LogP contribution >= 0.6 is 0 Å². The van der Waals surface area contributed by atoms with Crippen molar-refractivity contribution in [3.8, 4) is 5.75 Å². The topological polar surface area (TPSA) is 80.6 Å². The molecule has 2 N–H and O–H groups in total. The van der Waals surface area contributed by atoms with Crippen molar-refractivity contribution in [3.63, 3.8) is 0 Å². The third-order valence-electron chi connectivity index (χ3n) is 3.78. The van der Waals surface area contributed by atoms with Gasteiger partial charge in [-0.15, -0.1) is 0 Å². The quantitative estimate of drug-likeness (QED) is 0.852. The van der Waals surface area contributed by atoms with Gasteiger partial charge in [0.15, 0.2) is 0 Å². The molecule has 1 aromatic heterocycles. The molecule has 23 heavy (non-hydrogen) atoms. The SMILES string of the molecule is Cc1ccc2c(c1)NC(=O)C(C)(C(=O)NCc1ccc(C)o1)O2. The van der Waals surface area contributed by atoms with Gasteiger partial charge in [-0.3, -0.25) is 9.59 Å². The van der Waals surface area contributed by atoms with Crippen LogP contribution in [0.5, 0.6) is 5.75 Å². The van der Waals surface area contributed by atoms with Crippen LogP contribution in [0.25, 0.3) is 0 Å². The molecular weight excluding hydrogens is 296 g/mol. The lowest BCUT2D eigenvalue weighted by Crippen LogP contribution is -2.58. The number of hydrogen-bond acceptors (Lipinski definition) is 4. The van der Waals surface area contributed by atoms with Crippen LogP contribution in [0.2, 0.25) is 0 Å². The molecular formula is C17H18N2O4. The highest BCUT2D eigenvalue weighted by Gasteiger charge is 2.47. The third kappa shape index (κ3) is 2.79. The van der Waals surface area contributed by atoms with E-state index in [4.69, 9.17) is 9.15 Å². The van der Waals surface area contributed by atoms with Gasteiger partial charge < -0.3 is 19.8 Å². The Morgan fingerprint density at radius 1 is 1.26 bits per heavy atom. The Bertz CT molecular complexity index is 781. The largest absolute Gasteiger partial charge is 0.466 e. The minimum absolute atomic E-state index is 0.194. The number of anilines is 1. The number of aryl methyl sites for hydroxylation is 2. The first-order valence-electron chi connectivity index (χ1n) is 7.33. The molecule has 0 radical (unpaired) electrons. The number of benzene rings is 1. The van der Waals surface area contributed by atoms with E-state index in [1.807, 2.05) is 26.0 Å². The molecule has 1 aromatic carbocycles. The second-order valence-electron chi connectivity index (χ2n) is 5.78. The molecule has 0 bridgehead atoms. The summed E-state index contributed by atoms with van der Waals surface area (Å²) in [6, 6.07) is 8.99. The minimum Gasteiger partial charge on any atom is -0.466 e. The summed E-state index contributed by atoms with van der Waals surface area (Å²) in [5.41, 5.74) is -0.0556. The van der Waals surface area contributed by atoms with Gasteiger partial charge in [-0.1, -0.05) is 6.07 Å². The zero-order chi connectivity index (χ0) is 16.6. The van der Waals surface area contributed by atoms with Crippen LogP contribution < -0.4 is 15.4 Å². The number of carbonyl (C=O) groups is 2. The highest BCUT2D eigenvalue weighted by molar-refractivity contribution is 6.15. The van der Waals surface area contributed by atoms with Crippen molar-refractivity contribution in [2.24, 2.45) is 0 Å². The average molecular weight is 314 g/mol. The first kappa shape index (κ1) is 15.1. The number of ether oxygens (including phenoxy) is 1. The Hall–Kier alpha value is -2.76. The molecule has 0 saturated carbocycles. The van der Waals surface area contributed by atoms with Gasteiger partial charge in [0.2, 0.25) is 0 Å². The van der Waals surface area contributed by atoms with Crippen molar-refractivity contribution in [3.05, 3.63) is 47.4 Å². The molecule has 6 nitrogen and oxygen atoms in total. The zero-order valence-corrected chi connectivity index (χ0v) is 13.2. The molecule has 2 aromatic rings. The summed E-state index contributed by atoms with van der Waals surface area (Å²) in [6.07, 6.45) is 0. The van der Waals surface area contributed by atoms with Gasteiger partial charge in [0, 0.05) is 0 Å². The fourth-order valence-electron chi connectivity index (χ4n) is 2.40. The number of carbonyl (C=O) groups excluding carboxylic acids is 2. The molecule has 1 aliphatic heterocycles. The van der Waals surface area contributed by atoms with Crippen LogP contribution in [0, 0.1) is 13.8 Å². The standard InChI is InChI=1S/C17H18N2O4/c1-10-4-7-14-13(8-10)19-16(21)17(3,23-14)15(20)18-9-12-6-5-11(2)22-12/h4-8H,9H2,1-3H3,(H,18,20)(H,19,21). The number of nitrogens with one attached hydrogen (secondary N) is 2. The number of fused-ring (bicyclic) bond motifs is 1. The summed E-state index contributed by atoms with van der Waals surface area (Å²) in [4.78, 5) is 24.8. The van der Waals surface area contributed by atoms with Gasteiger partial charge in [0.05, 0.1) is 12.2 Å². The van der Waals surface area contributed by atoms with Crippen LogP contribution in [0.4, 0.5) is 5.69 Å². The molecule has 2 amide bonds. The number of furan rings is 1. The van der Waals surface area contributed by atoms with Crippen LogP contribution in [-0.2, 0) is 16.1 Å². The number of amides is 2. The lowest BCUT2D eigenvalue weighted by molar-refractivity contribution is -0.146. The van der Waals surface area contributed by atoms with E-state index in [9.17, 15) is 9.59 Å².